The summed E-state index contributed by atoms with van der Waals surface area (Å²) in [4.78, 5) is 17.7. The average molecular weight is 327 g/mol. The van der Waals surface area contributed by atoms with Crippen LogP contribution in [0.3, 0.4) is 0 Å². The molecule has 1 fully saturated rings. The van der Waals surface area contributed by atoms with E-state index in [2.05, 4.69) is 44.2 Å². The molecular weight excluding hydrogens is 302 g/mol. The Morgan fingerprint density at radius 3 is 2.71 bits per heavy atom. The number of rotatable bonds is 4. The number of pyridine rings is 1. The second-order valence-corrected chi connectivity index (χ2v) is 6.39. The van der Waals surface area contributed by atoms with E-state index in [9.17, 15) is 0 Å². The third kappa shape index (κ3) is 3.56. The maximum Gasteiger partial charge on any atom is 0.160 e. The number of nitrogens with one attached hydrogen (secondary N) is 1. The van der Waals surface area contributed by atoms with Gasteiger partial charge in [0.15, 0.2) is 11.6 Å². The second kappa shape index (κ2) is 7.00. The van der Waals surface area contributed by atoms with Crippen molar-refractivity contribution in [1.29, 1.82) is 0 Å². The van der Waals surface area contributed by atoms with Gasteiger partial charge in [-0.1, -0.05) is 6.07 Å². The van der Waals surface area contributed by atoms with Gasteiger partial charge in [-0.25, -0.2) is 15.0 Å². The molecule has 2 aromatic heterocycles. The van der Waals surface area contributed by atoms with E-state index >= 15 is 0 Å². The van der Waals surface area contributed by atoms with Gasteiger partial charge in [0.25, 0.3) is 0 Å². The van der Waals surface area contributed by atoms with Crippen LogP contribution in [-0.4, -0.2) is 53.1 Å². The molecule has 3 heterocycles. The summed E-state index contributed by atoms with van der Waals surface area (Å²) in [6, 6.07) is 6.25. The van der Waals surface area contributed by atoms with Gasteiger partial charge in [-0.2, -0.15) is 0 Å². The number of likely N-dealkylation sites (tertiary alicyclic amines) is 1. The molecule has 24 heavy (non-hydrogen) atoms. The van der Waals surface area contributed by atoms with Crippen molar-refractivity contribution in [1.82, 2.24) is 19.9 Å². The summed E-state index contributed by atoms with van der Waals surface area (Å²) in [5, 5.41) is 3.20. The highest BCUT2D eigenvalue weighted by molar-refractivity contribution is 5.77. The SMILES string of the molecule is Cc1cccc(Nc2ncnc(N(C)C3CCN(C)CC3)c2N)n1. The molecule has 0 amide bonds. The number of piperidine rings is 1. The number of nitrogen functional groups attached to an aromatic ring is 1. The zero-order valence-electron chi connectivity index (χ0n) is 14.5. The minimum absolute atomic E-state index is 0.448. The van der Waals surface area contributed by atoms with Crippen molar-refractivity contribution in [2.24, 2.45) is 0 Å². The fourth-order valence-corrected chi connectivity index (χ4v) is 3.06. The van der Waals surface area contributed by atoms with Crippen LogP contribution in [-0.2, 0) is 0 Å². The van der Waals surface area contributed by atoms with Crippen LogP contribution in [0.15, 0.2) is 24.5 Å². The van der Waals surface area contributed by atoms with Gasteiger partial charge in [0.2, 0.25) is 0 Å². The molecule has 2 aromatic rings. The third-order valence-electron chi connectivity index (χ3n) is 4.57. The molecule has 3 N–H and O–H groups in total. The molecule has 0 aromatic carbocycles. The number of aromatic nitrogens is 3. The molecule has 7 nitrogen and oxygen atoms in total. The maximum atomic E-state index is 6.34. The summed E-state index contributed by atoms with van der Waals surface area (Å²) in [5.74, 6) is 2.10. The van der Waals surface area contributed by atoms with Gasteiger partial charge in [-0.15, -0.1) is 0 Å². The molecule has 0 aliphatic carbocycles. The quantitative estimate of drug-likeness (QED) is 0.889. The van der Waals surface area contributed by atoms with Crippen LogP contribution in [0.1, 0.15) is 18.5 Å². The summed E-state index contributed by atoms with van der Waals surface area (Å²) in [6.07, 6.45) is 3.77. The van der Waals surface area contributed by atoms with E-state index in [1.807, 2.05) is 25.1 Å². The minimum Gasteiger partial charge on any atom is -0.393 e. The predicted octanol–water partition coefficient (Wildman–Crippen LogP) is 2.04. The summed E-state index contributed by atoms with van der Waals surface area (Å²) >= 11 is 0. The smallest absolute Gasteiger partial charge is 0.160 e. The Balaban J connectivity index is 1.80. The predicted molar refractivity (Wildman–Crippen MR) is 97.6 cm³/mol. The standard InChI is InChI=1S/C17H25N7/c1-12-5-4-6-14(21-12)22-16-15(18)17(20-11-19-16)24(3)13-7-9-23(2)10-8-13/h4-6,11,13H,7-10,18H2,1-3H3,(H,19,20,21,22). The molecule has 0 spiro atoms. The molecule has 3 rings (SSSR count). The zero-order valence-corrected chi connectivity index (χ0v) is 14.5. The number of aryl methyl sites for hydroxylation is 1. The largest absolute Gasteiger partial charge is 0.393 e. The number of hydrogen-bond donors (Lipinski definition) is 2. The summed E-state index contributed by atoms with van der Waals surface area (Å²) < 4.78 is 0. The van der Waals surface area contributed by atoms with Crippen molar-refractivity contribution in [2.45, 2.75) is 25.8 Å². The monoisotopic (exact) mass is 327 g/mol. The van der Waals surface area contributed by atoms with E-state index < -0.39 is 0 Å². The summed E-state index contributed by atoms with van der Waals surface area (Å²) in [5.41, 5.74) is 7.84. The Morgan fingerprint density at radius 2 is 2.00 bits per heavy atom. The summed E-state index contributed by atoms with van der Waals surface area (Å²) in [7, 11) is 4.22. The van der Waals surface area contributed by atoms with Crippen LogP contribution in [0.4, 0.5) is 23.1 Å². The van der Waals surface area contributed by atoms with Crippen LogP contribution in [0, 0.1) is 6.92 Å². The molecule has 128 valence electrons. The zero-order chi connectivity index (χ0) is 17.1. The normalized spacial score (nSPS) is 16.1. The van der Waals surface area contributed by atoms with E-state index in [1.54, 1.807) is 6.33 Å². The van der Waals surface area contributed by atoms with Crippen LogP contribution >= 0.6 is 0 Å². The first-order valence-corrected chi connectivity index (χ1v) is 8.27. The molecular formula is C17H25N7. The van der Waals surface area contributed by atoms with Crippen LogP contribution < -0.4 is 16.0 Å². The fourth-order valence-electron chi connectivity index (χ4n) is 3.06. The van der Waals surface area contributed by atoms with E-state index in [1.165, 1.54) is 0 Å². The van der Waals surface area contributed by atoms with Gasteiger partial charge in [-0.05, 0) is 52.0 Å². The van der Waals surface area contributed by atoms with E-state index in [0.29, 0.717) is 17.5 Å². The number of nitrogens with zero attached hydrogens (tertiary/aromatic N) is 5. The number of anilines is 4. The molecule has 1 aliphatic heterocycles. The second-order valence-electron chi connectivity index (χ2n) is 6.39. The van der Waals surface area contributed by atoms with Gasteiger partial charge in [0.1, 0.15) is 17.8 Å². The van der Waals surface area contributed by atoms with Crippen molar-refractivity contribution >= 4 is 23.1 Å². The highest BCUT2D eigenvalue weighted by Crippen LogP contribution is 2.30. The van der Waals surface area contributed by atoms with Crippen molar-refractivity contribution in [2.75, 3.05) is 43.1 Å². The highest BCUT2D eigenvalue weighted by Gasteiger charge is 2.23. The molecule has 0 atom stereocenters. The Hall–Kier alpha value is -2.41. The third-order valence-corrected chi connectivity index (χ3v) is 4.57. The van der Waals surface area contributed by atoms with Gasteiger partial charge in [0, 0.05) is 18.8 Å². The van der Waals surface area contributed by atoms with Crippen molar-refractivity contribution in [3.63, 3.8) is 0 Å². The molecule has 0 saturated carbocycles. The number of nitrogens with two attached hydrogens (primary N) is 1. The average Bonchev–Trinajstić information content (AvgIpc) is 2.57. The Labute approximate surface area is 142 Å². The first-order valence-electron chi connectivity index (χ1n) is 8.27. The van der Waals surface area contributed by atoms with Gasteiger partial charge >= 0.3 is 0 Å². The molecule has 0 unspecified atom stereocenters. The van der Waals surface area contributed by atoms with Crippen molar-refractivity contribution < 1.29 is 0 Å². The molecule has 1 aliphatic rings. The Bertz CT molecular complexity index is 695. The van der Waals surface area contributed by atoms with Gasteiger partial charge in [0.05, 0.1) is 0 Å². The lowest BCUT2D eigenvalue weighted by Gasteiger charge is -2.36. The summed E-state index contributed by atoms with van der Waals surface area (Å²) in [6.45, 7) is 4.14. The van der Waals surface area contributed by atoms with Gasteiger partial charge in [-0.3, -0.25) is 0 Å². The molecule has 0 bridgehead atoms. The molecule has 7 heteroatoms. The first-order chi connectivity index (χ1) is 11.5. The van der Waals surface area contributed by atoms with Crippen molar-refractivity contribution in [3.05, 3.63) is 30.2 Å². The van der Waals surface area contributed by atoms with Crippen molar-refractivity contribution in [3.8, 4) is 0 Å². The fraction of sp³-hybridized carbons (Fsp3) is 0.471. The van der Waals surface area contributed by atoms with Gasteiger partial charge < -0.3 is 20.9 Å². The Kier molecular flexibility index (Phi) is 4.80. The molecule has 1 saturated heterocycles. The maximum absolute atomic E-state index is 6.34. The topological polar surface area (TPSA) is 83.2 Å². The lowest BCUT2D eigenvalue weighted by Crippen LogP contribution is -2.42. The first kappa shape index (κ1) is 16.4. The van der Waals surface area contributed by atoms with E-state index in [4.69, 9.17) is 5.73 Å². The van der Waals surface area contributed by atoms with E-state index in [-0.39, 0.29) is 0 Å². The molecule has 0 radical (unpaired) electrons. The highest BCUT2D eigenvalue weighted by atomic mass is 15.2. The lowest BCUT2D eigenvalue weighted by molar-refractivity contribution is 0.252. The Morgan fingerprint density at radius 1 is 1.25 bits per heavy atom. The van der Waals surface area contributed by atoms with Crippen LogP contribution in [0.2, 0.25) is 0 Å². The lowest BCUT2D eigenvalue weighted by atomic mass is 10.0. The van der Waals surface area contributed by atoms with Crippen LogP contribution in [0.25, 0.3) is 0 Å². The number of hydrogen-bond acceptors (Lipinski definition) is 7. The van der Waals surface area contributed by atoms with Crippen LogP contribution in [0.5, 0.6) is 0 Å². The minimum atomic E-state index is 0.448. The van der Waals surface area contributed by atoms with E-state index in [0.717, 1.165) is 43.3 Å².